The van der Waals surface area contributed by atoms with Gasteiger partial charge >= 0.3 is 0 Å². The molecule has 0 radical (unpaired) electrons. The summed E-state index contributed by atoms with van der Waals surface area (Å²) in [6, 6.07) is 4.64. The van der Waals surface area contributed by atoms with Crippen molar-refractivity contribution in [3.8, 4) is 0 Å². The third-order valence-corrected chi connectivity index (χ3v) is 4.26. The quantitative estimate of drug-likeness (QED) is 0.612. The van der Waals surface area contributed by atoms with Crippen LogP contribution in [0.25, 0.3) is 0 Å². The highest BCUT2D eigenvalue weighted by molar-refractivity contribution is 5.99. The van der Waals surface area contributed by atoms with Crippen LogP contribution in [0.4, 0.5) is 11.4 Å². The van der Waals surface area contributed by atoms with Crippen molar-refractivity contribution in [3.63, 3.8) is 0 Å². The summed E-state index contributed by atoms with van der Waals surface area (Å²) in [6.07, 6.45) is 6.75. The van der Waals surface area contributed by atoms with Gasteiger partial charge in [0.05, 0.1) is 23.4 Å². The van der Waals surface area contributed by atoms with E-state index < -0.39 is 4.92 Å². The molecule has 8 heteroatoms. The van der Waals surface area contributed by atoms with Crippen LogP contribution in [0, 0.1) is 10.1 Å². The lowest BCUT2D eigenvalue weighted by Gasteiger charge is -2.21. The maximum absolute atomic E-state index is 12.7. The average molecular weight is 341 g/mol. The van der Waals surface area contributed by atoms with Gasteiger partial charge in [-0.15, -0.1) is 0 Å². The SMILES string of the molecule is CN(Cc1cnccn1)c1ccc([N+](=O)[O-])c(C(=O)N2CCCC2)c1. The van der Waals surface area contributed by atoms with Crippen molar-refractivity contribution in [2.24, 2.45) is 0 Å². The number of carbonyl (C=O) groups is 1. The zero-order valence-corrected chi connectivity index (χ0v) is 14.0. The van der Waals surface area contributed by atoms with Gasteiger partial charge in [0.1, 0.15) is 5.56 Å². The number of nitro benzene ring substituents is 1. The van der Waals surface area contributed by atoms with Crippen LogP contribution in [0.2, 0.25) is 0 Å². The van der Waals surface area contributed by atoms with E-state index in [1.165, 1.54) is 6.07 Å². The van der Waals surface area contributed by atoms with Crippen molar-refractivity contribution in [2.75, 3.05) is 25.0 Å². The van der Waals surface area contributed by atoms with E-state index in [2.05, 4.69) is 9.97 Å². The largest absolute Gasteiger partial charge is 0.369 e. The van der Waals surface area contributed by atoms with Crippen LogP contribution >= 0.6 is 0 Å². The molecule has 0 bridgehead atoms. The number of hydrogen-bond acceptors (Lipinski definition) is 6. The Labute approximate surface area is 145 Å². The maximum atomic E-state index is 12.7. The summed E-state index contributed by atoms with van der Waals surface area (Å²) in [7, 11) is 1.85. The monoisotopic (exact) mass is 341 g/mol. The first-order valence-corrected chi connectivity index (χ1v) is 8.10. The second kappa shape index (κ2) is 7.25. The first-order chi connectivity index (χ1) is 12.1. The number of anilines is 1. The predicted octanol–water partition coefficient (Wildman–Crippen LogP) is 2.26. The van der Waals surface area contributed by atoms with Crippen molar-refractivity contribution in [1.82, 2.24) is 14.9 Å². The van der Waals surface area contributed by atoms with Gasteiger partial charge in [-0.2, -0.15) is 0 Å². The molecule has 0 atom stereocenters. The molecule has 25 heavy (non-hydrogen) atoms. The normalized spacial score (nSPS) is 13.7. The zero-order valence-electron chi connectivity index (χ0n) is 14.0. The Morgan fingerprint density at radius 1 is 1.32 bits per heavy atom. The number of amides is 1. The van der Waals surface area contributed by atoms with Crippen LogP contribution in [0.5, 0.6) is 0 Å². The summed E-state index contributed by atoms with van der Waals surface area (Å²) in [5.41, 5.74) is 1.47. The molecule has 1 fully saturated rings. The van der Waals surface area contributed by atoms with Crippen molar-refractivity contribution in [1.29, 1.82) is 0 Å². The number of hydrogen-bond donors (Lipinski definition) is 0. The first-order valence-electron chi connectivity index (χ1n) is 8.10. The van der Waals surface area contributed by atoms with Crippen LogP contribution in [0.3, 0.4) is 0 Å². The van der Waals surface area contributed by atoms with Crippen LogP contribution in [-0.2, 0) is 6.54 Å². The molecule has 2 aromatic rings. The lowest BCUT2D eigenvalue weighted by atomic mass is 10.1. The molecule has 1 aromatic heterocycles. The minimum Gasteiger partial charge on any atom is -0.369 e. The minimum absolute atomic E-state index is 0.135. The van der Waals surface area contributed by atoms with Gasteiger partial charge in [-0.3, -0.25) is 24.9 Å². The van der Waals surface area contributed by atoms with E-state index in [4.69, 9.17) is 0 Å². The fraction of sp³-hybridized carbons (Fsp3) is 0.353. The standard InChI is InChI=1S/C17H19N5O3/c1-20(12-13-11-18-6-7-19-13)14-4-5-16(22(24)25)15(10-14)17(23)21-8-2-3-9-21/h4-7,10-11H,2-3,8-9,12H2,1H3. The second-order valence-electron chi connectivity index (χ2n) is 6.01. The Morgan fingerprint density at radius 3 is 2.72 bits per heavy atom. The maximum Gasteiger partial charge on any atom is 0.282 e. The highest BCUT2D eigenvalue weighted by atomic mass is 16.6. The van der Waals surface area contributed by atoms with E-state index in [1.54, 1.807) is 35.6 Å². The van der Waals surface area contributed by atoms with Gasteiger partial charge in [-0.25, -0.2) is 0 Å². The van der Waals surface area contributed by atoms with Crippen LogP contribution < -0.4 is 4.90 Å². The van der Waals surface area contributed by atoms with Crippen LogP contribution in [0.1, 0.15) is 28.9 Å². The molecule has 0 N–H and O–H groups in total. The third kappa shape index (κ3) is 3.73. The highest BCUT2D eigenvalue weighted by Gasteiger charge is 2.27. The van der Waals surface area contributed by atoms with Gasteiger partial charge in [-0.05, 0) is 25.0 Å². The van der Waals surface area contributed by atoms with Crippen molar-refractivity contribution in [2.45, 2.75) is 19.4 Å². The average Bonchev–Trinajstić information content (AvgIpc) is 3.16. The van der Waals surface area contributed by atoms with Gasteiger partial charge in [0.25, 0.3) is 11.6 Å². The van der Waals surface area contributed by atoms with Crippen molar-refractivity contribution >= 4 is 17.3 Å². The van der Waals surface area contributed by atoms with Crippen molar-refractivity contribution < 1.29 is 9.72 Å². The van der Waals surface area contributed by atoms with E-state index in [-0.39, 0.29) is 17.2 Å². The fourth-order valence-electron chi connectivity index (χ4n) is 2.93. The smallest absolute Gasteiger partial charge is 0.282 e. The molecule has 8 nitrogen and oxygen atoms in total. The molecule has 0 aliphatic carbocycles. The molecule has 3 rings (SSSR count). The predicted molar refractivity (Wildman–Crippen MR) is 92.4 cm³/mol. The van der Waals surface area contributed by atoms with Gasteiger partial charge in [0.15, 0.2) is 0 Å². The van der Waals surface area contributed by atoms with Crippen LogP contribution in [0.15, 0.2) is 36.8 Å². The van der Waals surface area contributed by atoms with Gasteiger partial charge in [-0.1, -0.05) is 0 Å². The molecule has 1 amide bonds. The first kappa shape index (κ1) is 16.8. The molecule has 1 aromatic carbocycles. The number of rotatable bonds is 5. The Hall–Kier alpha value is -3.03. The topological polar surface area (TPSA) is 92.5 Å². The van der Waals surface area contributed by atoms with Gasteiger partial charge in [0, 0.05) is 44.3 Å². The summed E-state index contributed by atoms with van der Waals surface area (Å²) in [5.74, 6) is -0.279. The molecule has 1 saturated heterocycles. The lowest BCUT2D eigenvalue weighted by molar-refractivity contribution is -0.385. The Kier molecular flexibility index (Phi) is 4.87. The molecule has 1 aliphatic rings. The van der Waals surface area contributed by atoms with Gasteiger partial charge in [0.2, 0.25) is 0 Å². The van der Waals surface area contributed by atoms with E-state index in [0.29, 0.717) is 19.6 Å². The Balaban J connectivity index is 1.89. The molecule has 2 heterocycles. The molecular formula is C17H19N5O3. The third-order valence-electron chi connectivity index (χ3n) is 4.26. The summed E-state index contributed by atoms with van der Waals surface area (Å²) in [4.78, 5) is 35.3. The summed E-state index contributed by atoms with van der Waals surface area (Å²) < 4.78 is 0. The van der Waals surface area contributed by atoms with Crippen LogP contribution in [-0.4, -0.2) is 45.8 Å². The number of likely N-dealkylation sites (tertiary alicyclic amines) is 1. The number of nitro groups is 1. The van der Waals surface area contributed by atoms with Crippen molar-refractivity contribution in [3.05, 3.63) is 58.2 Å². The van der Waals surface area contributed by atoms with E-state index in [0.717, 1.165) is 24.2 Å². The molecule has 0 saturated carbocycles. The number of aromatic nitrogens is 2. The summed E-state index contributed by atoms with van der Waals surface area (Å²) in [5, 5.41) is 11.3. The molecule has 0 unspecified atom stereocenters. The minimum atomic E-state index is -0.504. The Bertz CT molecular complexity index is 775. The molecule has 0 spiro atoms. The van der Waals surface area contributed by atoms with E-state index >= 15 is 0 Å². The number of benzene rings is 1. The zero-order chi connectivity index (χ0) is 17.8. The molecule has 130 valence electrons. The Morgan fingerprint density at radius 2 is 2.08 bits per heavy atom. The molecule has 1 aliphatic heterocycles. The summed E-state index contributed by atoms with van der Waals surface area (Å²) >= 11 is 0. The second-order valence-corrected chi connectivity index (χ2v) is 6.01. The van der Waals surface area contributed by atoms with E-state index in [9.17, 15) is 14.9 Å². The van der Waals surface area contributed by atoms with Gasteiger partial charge < -0.3 is 9.80 Å². The van der Waals surface area contributed by atoms with E-state index in [1.807, 2.05) is 11.9 Å². The number of carbonyl (C=O) groups excluding carboxylic acids is 1. The molecular weight excluding hydrogens is 322 g/mol. The summed E-state index contributed by atoms with van der Waals surface area (Å²) in [6.45, 7) is 1.79. The lowest BCUT2D eigenvalue weighted by Crippen LogP contribution is -2.28. The number of nitrogens with zero attached hydrogens (tertiary/aromatic N) is 5. The highest BCUT2D eigenvalue weighted by Crippen LogP contribution is 2.27. The fourth-order valence-corrected chi connectivity index (χ4v) is 2.93.